The van der Waals surface area contributed by atoms with Crippen LogP contribution >= 0.6 is 22.9 Å². The quantitative estimate of drug-likeness (QED) is 0.406. The molecule has 3 aromatic rings. The van der Waals surface area contributed by atoms with Crippen LogP contribution in [0.2, 0.25) is 5.15 Å². The van der Waals surface area contributed by atoms with E-state index in [1.165, 1.54) is 29.7 Å². The van der Waals surface area contributed by atoms with Crippen LogP contribution in [0.5, 0.6) is 5.75 Å². The molecule has 0 radical (unpaired) electrons. The van der Waals surface area contributed by atoms with Gasteiger partial charge in [0.1, 0.15) is 5.75 Å². The molecule has 2 aromatic carbocycles. The summed E-state index contributed by atoms with van der Waals surface area (Å²) in [5.41, 5.74) is 0.868. The van der Waals surface area contributed by atoms with Gasteiger partial charge in [-0.25, -0.2) is 9.82 Å². The number of aromatic nitrogens is 1. The van der Waals surface area contributed by atoms with Crippen molar-refractivity contribution in [3.63, 3.8) is 0 Å². The molecule has 0 aliphatic heterocycles. The Kier molecular flexibility index (Phi) is 6.50. The first-order chi connectivity index (χ1) is 13.5. The minimum absolute atomic E-state index is 0.0786. The number of thiazole rings is 1. The second-order valence-electron chi connectivity index (χ2n) is 5.42. The third-order valence-electron chi connectivity index (χ3n) is 3.43. The molecule has 2 N–H and O–H groups in total. The molecule has 146 valence electrons. The molecule has 0 bridgehead atoms. The molecule has 3 rings (SSSR count). The van der Waals surface area contributed by atoms with Crippen molar-refractivity contribution in [3.05, 3.63) is 64.6 Å². The number of nitrogens with zero attached hydrogens (tertiary/aromatic N) is 2. The Morgan fingerprint density at radius 3 is 2.57 bits per heavy atom. The number of sulfonamides is 1. The lowest BCUT2D eigenvalue weighted by Gasteiger charge is -2.05. The highest BCUT2D eigenvalue weighted by atomic mass is 35.5. The first kappa shape index (κ1) is 20.1. The van der Waals surface area contributed by atoms with Gasteiger partial charge in [-0.05, 0) is 43.3 Å². The van der Waals surface area contributed by atoms with Crippen LogP contribution in [0.25, 0.3) is 0 Å². The lowest BCUT2D eigenvalue weighted by molar-refractivity contribution is 0.340. The van der Waals surface area contributed by atoms with Crippen LogP contribution in [0.3, 0.4) is 0 Å². The monoisotopic (exact) mass is 436 g/mol. The molecule has 0 aliphatic carbocycles. The number of hydrogen-bond donors (Lipinski definition) is 2. The zero-order valence-corrected chi connectivity index (χ0v) is 17.2. The summed E-state index contributed by atoms with van der Waals surface area (Å²) in [4.78, 5) is 6.96. The van der Waals surface area contributed by atoms with Gasteiger partial charge < -0.3 is 10.1 Å². The third kappa shape index (κ3) is 5.22. The molecular weight excluding hydrogens is 420 g/mol. The number of hydrazone groups is 1. The Morgan fingerprint density at radius 2 is 1.89 bits per heavy atom. The van der Waals surface area contributed by atoms with Crippen LogP contribution in [0.1, 0.15) is 11.8 Å². The average molecular weight is 437 g/mol. The molecule has 0 amide bonds. The maximum atomic E-state index is 12.3. The Balaban J connectivity index is 1.66. The normalized spacial score (nSPS) is 11.5. The second-order valence-corrected chi connectivity index (χ2v) is 8.47. The predicted octanol–water partition coefficient (Wildman–Crippen LogP) is 4.25. The summed E-state index contributed by atoms with van der Waals surface area (Å²) < 4.78 is 29.9. The van der Waals surface area contributed by atoms with Crippen molar-refractivity contribution in [2.75, 3.05) is 11.9 Å². The van der Waals surface area contributed by atoms with E-state index in [9.17, 15) is 8.42 Å². The smallest absolute Gasteiger partial charge is 0.276 e. The maximum Gasteiger partial charge on any atom is 0.276 e. The van der Waals surface area contributed by atoms with Crippen molar-refractivity contribution >= 4 is 50.0 Å². The van der Waals surface area contributed by atoms with Gasteiger partial charge in [-0.1, -0.05) is 41.1 Å². The average Bonchev–Trinajstić information content (AvgIpc) is 3.02. The summed E-state index contributed by atoms with van der Waals surface area (Å²) >= 11 is 7.36. The van der Waals surface area contributed by atoms with Gasteiger partial charge in [0.25, 0.3) is 10.0 Å². The molecule has 28 heavy (non-hydrogen) atoms. The van der Waals surface area contributed by atoms with E-state index in [-0.39, 0.29) is 10.0 Å². The van der Waals surface area contributed by atoms with Crippen molar-refractivity contribution in [2.45, 2.75) is 11.8 Å². The Hall–Kier alpha value is -2.62. The molecule has 0 unspecified atom stereocenters. The number of para-hydroxylation sites is 1. The predicted molar refractivity (Wildman–Crippen MR) is 112 cm³/mol. The largest absolute Gasteiger partial charge is 0.494 e. The third-order valence-corrected chi connectivity index (χ3v) is 5.98. The Bertz CT molecular complexity index is 1050. The molecule has 7 nitrogen and oxygen atoms in total. The molecule has 0 atom stereocenters. The molecular formula is C18H17ClN4O3S2. The van der Waals surface area contributed by atoms with Crippen molar-refractivity contribution in [1.82, 2.24) is 9.82 Å². The van der Waals surface area contributed by atoms with Crippen LogP contribution in [-0.4, -0.2) is 26.2 Å². The van der Waals surface area contributed by atoms with Gasteiger partial charge in [-0.15, -0.1) is 0 Å². The topological polar surface area (TPSA) is 92.7 Å². The highest BCUT2D eigenvalue weighted by molar-refractivity contribution is 7.89. The molecule has 0 spiro atoms. The first-order valence-electron chi connectivity index (χ1n) is 8.24. The molecule has 0 saturated carbocycles. The van der Waals surface area contributed by atoms with Gasteiger partial charge in [-0.2, -0.15) is 13.5 Å². The van der Waals surface area contributed by atoms with E-state index >= 15 is 0 Å². The fraction of sp³-hybridized carbons (Fsp3) is 0.111. The number of ether oxygens (including phenoxy) is 1. The van der Waals surface area contributed by atoms with E-state index < -0.39 is 10.0 Å². The van der Waals surface area contributed by atoms with Crippen molar-refractivity contribution in [1.29, 1.82) is 0 Å². The van der Waals surface area contributed by atoms with Crippen molar-refractivity contribution in [2.24, 2.45) is 5.10 Å². The fourth-order valence-electron chi connectivity index (χ4n) is 2.18. The minimum atomic E-state index is -3.79. The van der Waals surface area contributed by atoms with Gasteiger partial charge in [0.15, 0.2) is 10.3 Å². The van der Waals surface area contributed by atoms with Crippen molar-refractivity contribution in [3.8, 4) is 5.75 Å². The van der Waals surface area contributed by atoms with E-state index in [0.717, 1.165) is 5.69 Å². The van der Waals surface area contributed by atoms with Crippen LogP contribution in [0.15, 0.2) is 64.6 Å². The van der Waals surface area contributed by atoms with Gasteiger partial charge in [0.2, 0.25) is 0 Å². The Morgan fingerprint density at radius 1 is 1.18 bits per heavy atom. The standard InChI is InChI=1S/C18H17ClN4O3S2/c1-2-26-14-8-10-15(11-9-14)28(24,25)23-20-12-16-17(19)22-18(27-16)21-13-6-4-3-5-7-13/h3-12,23H,2H2,1H3,(H,21,22). The molecule has 1 heterocycles. The minimum Gasteiger partial charge on any atom is -0.494 e. The van der Waals surface area contributed by atoms with E-state index in [0.29, 0.717) is 22.4 Å². The van der Waals surface area contributed by atoms with E-state index in [2.05, 4.69) is 20.2 Å². The van der Waals surface area contributed by atoms with Gasteiger partial charge in [-0.3, -0.25) is 0 Å². The highest BCUT2D eigenvalue weighted by Crippen LogP contribution is 2.27. The van der Waals surface area contributed by atoms with Gasteiger partial charge in [0.05, 0.1) is 22.6 Å². The summed E-state index contributed by atoms with van der Waals surface area (Å²) in [6, 6.07) is 15.6. The summed E-state index contributed by atoms with van der Waals surface area (Å²) in [5, 5.41) is 7.72. The number of halogens is 1. The number of benzene rings is 2. The van der Waals surface area contributed by atoms with Crippen LogP contribution in [0, 0.1) is 0 Å². The Labute approximate surface area is 172 Å². The SMILES string of the molecule is CCOc1ccc(S(=O)(=O)NN=Cc2sc(Nc3ccccc3)nc2Cl)cc1. The highest BCUT2D eigenvalue weighted by Gasteiger charge is 2.13. The zero-order valence-electron chi connectivity index (χ0n) is 14.8. The fourth-order valence-corrected chi connectivity index (χ4v) is 4.02. The molecule has 0 saturated heterocycles. The van der Waals surface area contributed by atoms with E-state index in [1.54, 1.807) is 12.1 Å². The van der Waals surface area contributed by atoms with Crippen LogP contribution in [-0.2, 0) is 10.0 Å². The first-order valence-corrected chi connectivity index (χ1v) is 10.9. The molecule has 0 aliphatic rings. The molecule has 0 fully saturated rings. The number of hydrogen-bond acceptors (Lipinski definition) is 7. The maximum absolute atomic E-state index is 12.3. The number of anilines is 2. The van der Waals surface area contributed by atoms with Crippen LogP contribution < -0.4 is 14.9 Å². The molecule has 1 aromatic heterocycles. The van der Waals surface area contributed by atoms with Gasteiger partial charge >= 0.3 is 0 Å². The lowest BCUT2D eigenvalue weighted by Crippen LogP contribution is -2.18. The van der Waals surface area contributed by atoms with Crippen molar-refractivity contribution < 1.29 is 13.2 Å². The van der Waals surface area contributed by atoms with E-state index in [1.807, 2.05) is 37.3 Å². The summed E-state index contributed by atoms with van der Waals surface area (Å²) in [7, 11) is -3.79. The summed E-state index contributed by atoms with van der Waals surface area (Å²) in [5.74, 6) is 0.597. The number of nitrogens with one attached hydrogen (secondary N) is 2. The van der Waals surface area contributed by atoms with E-state index in [4.69, 9.17) is 16.3 Å². The summed E-state index contributed by atoms with van der Waals surface area (Å²) in [6.45, 7) is 2.36. The van der Waals surface area contributed by atoms with Gasteiger partial charge in [0, 0.05) is 5.69 Å². The van der Waals surface area contributed by atoms with Crippen LogP contribution in [0.4, 0.5) is 10.8 Å². The second kappa shape index (κ2) is 9.05. The zero-order chi connectivity index (χ0) is 20.0. The lowest BCUT2D eigenvalue weighted by atomic mass is 10.3. The number of rotatable bonds is 8. The summed E-state index contributed by atoms with van der Waals surface area (Å²) in [6.07, 6.45) is 1.32. The molecule has 10 heteroatoms.